The number of hydrogen-bond acceptors (Lipinski definition) is 6. The number of rotatable bonds is 4. The Morgan fingerprint density at radius 1 is 0.812 bits per heavy atom. The third-order valence-electron chi connectivity index (χ3n) is 6.26. The molecular weight excluding hydrogens is 404 g/mol. The molecule has 0 unspecified atom stereocenters. The summed E-state index contributed by atoms with van der Waals surface area (Å²) in [6.07, 6.45) is 3.89. The highest BCUT2D eigenvalue weighted by atomic mass is 16.2. The van der Waals surface area contributed by atoms with Crippen LogP contribution in [0.3, 0.4) is 0 Å². The number of pyridine rings is 2. The van der Waals surface area contributed by atoms with Gasteiger partial charge in [0, 0.05) is 50.9 Å². The van der Waals surface area contributed by atoms with E-state index in [-0.39, 0.29) is 5.91 Å². The summed E-state index contributed by atoms with van der Waals surface area (Å²) in [6.45, 7) is 4.11. The number of primary amides is 1. The molecule has 0 aliphatic carbocycles. The molecule has 0 atom stereocenters. The topological polar surface area (TPSA) is 95.7 Å². The number of aromatic nitrogens is 2. The van der Waals surface area contributed by atoms with E-state index < -0.39 is 5.91 Å². The van der Waals surface area contributed by atoms with E-state index in [1.807, 2.05) is 40.1 Å². The highest BCUT2D eigenvalue weighted by Gasteiger charge is 2.29. The van der Waals surface area contributed by atoms with Gasteiger partial charge in [0.2, 0.25) is 0 Å². The quantitative estimate of drug-likeness (QED) is 0.682. The molecule has 5 rings (SSSR count). The number of amides is 2. The SMILES string of the molecule is NC(=O)c1cccnc1N1CCN(C(=O)c2cc3ccccc3nc2N2CCCC2)CC1. The van der Waals surface area contributed by atoms with Crippen LogP contribution in [0.25, 0.3) is 10.9 Å². The number of hydrogen-bond donors (Lipinski definition) is 1. The molecule has 2 aliphatic heterocycles. The smallest absolute Gasteiger partial charge is 0.257 e. The molecule has 8 heteroatoms. The average molecular weight is 431 g/mol. The average Bonchev–Trinajstić information content (AvgIpc) is 3.38. The second-order valence-corrected chi connectivity index (χ2v) is 8.26. The lowest BCUT2D eigenvalue weighted by molar-refractivity contribution is 0.0746. The van der Waals surface area contributed by atoms with Crippen molar-refractivity contribution in [3.63, 3.8) is 0 Å². The van der Waals surface area contributed by atoms with E-state index in [2.05, 4.69) is 9.88 Å². The zero-order valence-corrected chi connectivity index (χ0v) is 17.9. The van der Waals surface area contributed by atoms with Gasteiger partial charge >= 0.3 is 0 Å². The Kier molecular flexibility index (Phi) is 5.34. The Morgan fingerprint density at radius 3 is 2.28 bits per heavy atom. The monoisotopic (exact) mass is 430 g/mol. The number of carbonyl (C=O) groups is 2. The molecule has 0 spiro atoms. The molecule has 0 bridgehead atoms. The van der Waals surface area contributed by atoms with E-state index in [0.29, 0.717) is 43.1 Å². The Balaban J connectivity index is 1.40. The van der Waals surface area contributed by atoms with Gasteiger partial charge in [-0.1, -0.05) is 18.2 Å². The minimum Gasteiger partial charge on any atom is -0.365 e. The molecule has 3 aromatic rings. The standard InChI is InChI=1S/C24H26N6O2/c25-21(31)18-7-5-9-26-22(18)29-12-14-30(15-13-29)24(32)19-16-17-6-1-2-8-20(17)27-23(19)28-10-3-4-11-28/h1-2,5-9,16H,3-4,10-15H2,(H2,25,31). The van der Waals surface area contributed by atoms with Crippen molar-refractivity contribution in [1.82, 2.24) is 14.9 Å². The fourth-order valence-corrected chi connectivity index (χ4v) is 4.57. The van der Waals surface area contributed by atoms with E-state index in [0.717, 1.165) is 42.7 Å². The zero-order valence-electron chi connectivity index (χ0n) is 17.9. The second-order valence-electron chi connectivity index (χ2n) is 8.26. The van der Waals surface area contributed by atoms with Crippen molar-refractivity contribution in [3.05, 3.63) is 59.8 Å². The Bertz CT molecular complexity index is 1170. The van der Waals surface area contributed by atoms with Gasteiger partial charge in [-0.2, -0.15) is 0 Å². The van der Waals surface area contributed by atoms with Crippen LogP contribution in [-0.2, 0) is 0 Å². The number of fused-ring (bicyclic) bond motifs is 1. The summed E-state index contributed by atoms with van der Waals surface area (Å²) >= 11 is 0. The van der Waals surface area contributed by atoms with Crippen LogP contribution in [0.4, 0.5) is 11.6 Å². The van der Waals surface area contributed by atoms with Gasteiger partial charge in [-0.25, -0.2) is 9.97 Å². The highest BCUT2D eigenvalue weighted by Crippen LogP contribution is 2.28. The van der Waals surface area contributed by atoms with E-state index in [1.165, 1.54) is 0 Å². The Morgan fingerprint density at radius 2 is 1.53 bits per heavy atom. The van der Waals surface area contributed by atoms with E-state index in [9.17, 15) is 9.59 Å². The first-order chi connectivity index (χ1) is 15.6. The number of benzene rings is 1. The molecule has 32 heavy (non-hydrogen) atoms. The van der Waals surface area contributed by atoms with Crippen molar-refractivity contribution in [2.45, 2.75) is 12.8 Å². The predicted molar refractivity (Wildman–Crippen MR) is 124 cm³/mol. The van der Waals surface area contributed by atoms with Gasteiger partial charge in [0.05, 0.1) is 16.6 Å². The molecule has 164 valence electrons. The molecular formula is C24H26N6O2. The number of piperazine rings is 1. The third kappa shape index (κ3) is 3.72. The fourth-order valence-electron chi connectivity index (χ4n) is 4.57. The Hall–Kier alpha value is -3.68. The zero-order chi connectivity index (χ0) is 22.1. The van der Waals surface area contributed by atoms with Crippen LogP contribution in [-0.4, -0.2) is 66.0 Å². The summed E-state index contributed by atoms with van der Waals surface area (Å²) in [5.41, 5.74) is 7.49. The minimum absolute atomic E-state index is 0.000878. The van der Waals surface area contributed by atoms with Gasteiger partial charge in [-0.15, -0.1) is 0 Å². The molecule has 0 saturated carbocycles. The van der Waals surface area contributed by atoms with Crippen molar-refractivity contribution in [2.24, 2.45) is 5.73 Å². The molecule has 0 radical (unpaired) electrons. The fraction of sp³-hybridized carbons (Fsp3) is 0.333. The Labute approximate surface area is 186 Å². The molecule has 2 saturated heterocycles. The van der Waals surface area contributed by atoms with Crippen LogP contribution < -0.4 is 15.5 Å². The third-order valence-corrected chi connectivity index (χ3v) is 6.26. The molecule has 2 fully saturated rings. The lowest BCUT2D eigenvalue weighted by Crippen LogP contribution is -2.49. The first-order valence-electron chi connectivity index (χ1n) is 11.1. The van der Waals surface area contributed by atoms with Crippen molar-refractivity contribution >= 4 is 34.4 Å². The number of para-hydroxylation sites is 1. The van der Waals surface area contributed by atoms with Crippen molar-refractivity contribution < 1.29 is 9.59 Å². The lowest BCUT2D eigenvalue weighted by Gasteiger charge is -2.36. The van der Waals surface area contributed by atoms with Crippen molar-refractivity contribution in [2.75, 3.05) is 49.1 Å². The summed E-state index contributed by atoms with van der Waals surface area (Å²) in [7, 11) is 0. The maximum Gasteiger partial charge on any atom is 0.257 e. The number of carbonyl (C=O) groups excluding carboxylic acids is 2. The van der Waals surface area contributed by atoms with Gasteiger partial charge in [0.15, 0.2) is 0 Å². The summed E-state index contributed by atoms with van der Waals surface area (Å²) in [5.74, 6) is 0.872. The molecule has 4 heterocycles. The van der Waals surface area contributed by atoms with E-state index in [1.54, 1.807) is 18.3 Å². The van der Waals surface area contributed by atoms with Crippen molar-refractivity contribution in [1.29, 1.82) is 0 Å². The van der Waals surface area contributed by atoms with E-state index >= 15 is 0 Å². The molecule has 2 aromatic heterocycles. The maximum absolute atomic E-state index is 13.6. The highest BCUT2D eigenvalue weighted by molar-refractivity contribution is 6.02. The van der Waals surface area contributed by atoms with Gasteiger partial charge in [0.1, 0.15) is 11.6 Å². The molecule has 8 nitrogen and oxygen atoms in total. The van der Waals surface area contributed by atoms with Gasteiger partial charge in [-0.3, -0.25) is 9.59 Å². The number of nitrogens with zero attached hydrogens (tertiary/aromatic N) is 5. The number of nitrogens with two attached hydrogens (primary N) is 1. The maximum atomic E-state index is 13.6. The molecule has 1 aromatic carbocycles. The molecule has 2 amide bonds. The minimum atomic E-state index is -0.496. The molecule has 2 aliphatic rings. The van der Waals surface area contributed by atoms with Gasteiger partial charge in [0.25, 0.3) is 11.8 Å². The lowest BCUT2D eigenvalue weighted by atomic mass is 10.1. The number of anilines is 2. The summed E-state index contributed by atoms with van der Waals surface area (Å²) in [4.78, 5) is 40.7. The molecule has 2 N–H and O–H groups in total. The largest absolute Gasteiger partial charge is 0.365 e. The van der Waals surface area contributed by atoms with Crippen LogP contribution in [0.5, 0.6) is 0 Å². The first-order valence-corrected chi connectivity index (χ1v) is 11.1. The predicted octanol–water partition coefficient (Wildman–Crippen LogP) is 2.29. The summed E-state index contributed by atoms with van der Waals surface area (Å²) < 4.78 is 0. The summed E-state index contributed by atoms with van der Waals surface area (Å²) in [6, 6.07) is 13.3. The van der Waals surface area contributed by atoms with Crippen LogP contribution in [0.15, 0.2) is 48.7 Å². The second kappa shape index (κ2) is 8.45. The van der Waals surface area contributed by atoms with Crippen LogP contribution >= 0.6 is 0 Å². The van der Waals surface area contributed by atoms with Crippen LogP contribution in [0.2, 0.25) is 0 Å². The van der Waals surface area contributed by atoms with Crippen molar-refractivity contribution in [3.8, 4) is 0 Å². The van der Waals surface area contributed by atoms with Crippen LogP contribution in [0.1, 0.15) is 33.6 Å². The van der Waals surface area contributed by atoms with Gasteiger partial charge in [-0.05, 0) is 37.1 Å². The first kappa shape index (κ1) is 20.2. The van der Waals surface area contributed by atoms with Gasteiger partial charge < -0.3 is 20.4 Å². The van der Waals surface area contributed by atoms with Crippen LogP contribution in [0, 0.1) is 0 Å². The summed E-state index contributed by atoms with van der Waals surface area (Å²) in [5, 5.41) is 0.969. The van der Waals surface area contributed by atoms with E-state index in [4.69, 9.17) is 10.7 Å². The normalized spacial score (nSPS) is 16.6.